The minimum Gasteiger partial charge on any atom is -0.398 e. The molecule has 1 aliphatic rings. The smallest absolute Gasteiger partial charge is 0.128 e. The fourth-order valence-corrected chi connectivity index (χ4v) is 1.49. The molecule has 1 fully saturated rings. The van der Waals surface area contributed by atoms with Gasteiger partial charge in [-0.25, -0.2) is 4.98 Å². The molecule has 1 saturated carbocycles. The molecule has 1 unspecified atom stereocenters. The molecule has 0 aromatic carbocycles. The Morgan fingerprint density at radius 2 is 2.40 bits per heavy atom. The lowest BCUT2D eigenvalue weighted by atomic mass is 10.2. The molecule has 1 aromatic heterocycles. The average molecular weight is 207 g/mol. The Hall–Kier alpha value is -1.29. The Bertz CT molecular complexity index is 350. The van der Waals surface area contributed by atoms with Gasteiger partial charge in [0.05, 0.1) is 6.10 Å². The van der Waals surface area contributed by atoms with E-state index in [0.717, 1.165) is 29.9 Å². The monoisotopic (exact) mass is 207 g/mol. The second-order valence-corrected chi connectivity index (χ2v) is 4.21. The van der Waals surface area contributed by atoms with Gasteiger partial charge in [0.1, 0.15) is 5.82 Å². The van der Waals surface area contributed by atoms with Gasteiger partial charge >= 0.3 is 0 Å². The van der Waals surface area contributed by atoms with E-state index in [4.69, 9.17) is 5.73 Å². The number of nitrogen functional groups attached to an aromatic ring is 1. The number of rotatable bonds is 4. The zero-order valence-corrected chi connectivity index (χ0v) is 8.90. The summed E-state index contributed by atoms with van der Waals surface area (Å²) in [7, 11) is 0. The molecule has 0 spiro atoms. The van der Waals surface area contributed by atoms with Crippen LogP contribution in [0.1, 0.15) is 18.4 Å². The summed E-state index contributed by atoms with van der Waals surface area (Å²) >= 11 is 0. The molecule has 4 heteroatoms. The normalized spacial score (nSPS) is 17.5. The van der Waals surface area contributed by atoms with E-state index in [1.165, 1.54) is 0 Å². The fourth-order valence-electron chi connectivity index (χ4n) is 1.49. The van der Waals surface area contributed by atoms with Crippen LogP contribution in [-0.2, 0) is 0 Å². The highest BCUT2D eigenvalue weighted by molar-refractivity contribution is 5.53. The van der Waals surface area contributed by atoms with Crippen molar-refractivity contribution in [1.29, 1.82) is 0 Å². The quantitative estimate of drug-likeness (QED) is 0.692. The van der Waals surface area contributed by atoms with Crippen LogP contribution in [0.5, 0.6) is 0 Å². The second kappa shape index (κ2) is 4.06. The van der Waals surface area contributed by atoms with Gasteiger partial charge in [-0.15, -0.1) is 0 Å². The number of hydrogen-bond donors (Lipinski definition) is 3. The van der Waals surface area contributed by atoms with Gasteiger partial charge in [-0.1, -0.05) is 0 Å². The summed E-state index contributed by atoms with van der Waals surface area (Å²) in [5.41, 5.74) is 7.46. The summed E-state index contributed by atoms with van der Waals surface area (Å²) < 4.78 is 0. The van der Waals surface area contributed by atoms with E-state index in [9.17, 15) is 5.11 Å². The topological polar surface area (TPSA) is 71.2 Å². The van der Waals surface area contributed by atoms with Crippen LogP contribution in [0.15, 0.2) is 12.3 Å². The van der Waals surface area contributed by atoms with Gasteiger partial charge in [0, 0.05) is 24.5 Å². The number of aliphatic hydroxyl groups excluding tert-OH is 1. The van der Waals surface area contributed by atoms with Crippen LogP contribution in [0, 0.1) is 12.8 Å². The third-order valence-electron chi connectivity index (χ3n) is 2.80. The lowest BCUT2D eigenvalue weighted by Crippen LogP contribution is -2.21. The van der Waals surface area contributed by atoms with Gasteiger partial charge in [0.25, 0.3) is 0 Å². The SMILES string of the molecule is Cc1cnc(NCC(O)C2CC2)cc1N. The molecule has 0 radical (unpaired) electrons. The third-order valence-corrected chi connectivity index (χ3v) is 2.80. The first-order valence-electron chi connectivity index (χ1n) is 5.31. The van der Waals surface area contributed by atoms with Crippen LogP contribution in [0.3, 0.4) is 0 Å². The van der Waals surface area contributed by atoms with Crippen LogP contribution in [-0.4, -0.2) is 22.7 Å². The van der Waals surface area contributed by atoms with Crippen LogP contribution < -0.4 is 11.1 Å². The van der Waals surface area contributed by atoms with Crippen LogP contribution in [0.4, 0.5) is 11.5 Å². The summed E-state index contributed by atoms with van der Waals surface area (Å²) in [5.74, 6) is 1.22. The van der Waals surface area contributed by atoms with E-state index < -0.39 is 0 Å². The Morgan fingerprint density at radius 3 is 3.00 bits per heavy atom. The van der Waals surface area contributed by atoms with Gasteiger partial charge in [0.15, 0.2) is 0 Å². The van der Waals surface area contributed by atoms with E-state index in [1.807, 2.05) is 6.92 Å². The number of anilines is 2. The van der Waals surface area contributed by atoms with Crippen molar-refractivity contribution in [2.24, 2.45) is 5.92 Å². The molecule has 0 aliphatic heterocycles. The van der Waals surface area contributed by atoms with Crippen molar-refractivity contribution in [2.75, 3.05) is 17.6 Å². The van der Waals surface area contributed by atoms with Crippen molar-refractivity contribution >= 4 is 11.5 Å². The molecule has 0 bridgehead atoms. The number of nitrogens with two attached hydrogens (primary N) is 1. The molecule has 82 valence electrons. The van der Waals surface area contributed by atoms with Crippen molar-refractivity contribution in [2.45, 2.75) is 25.9 Å². The summed E-state index contributed by atoms with van der Waals surface area (Å²) in [4.78, 5) is 4.19. The summed E-state index contributed by atoms with van der Waals surface area (Å²) in [6, 6.07) is 1.80. The van der Waals surface area contributed by atoms with Crippen molar-refractivity contribution in [1.82, 2.24) is 4.98 Å². The predicted octanol–water partition coefficient (Wildman–Crippen LogP) is 1.16. The molecular weight excluding hydrogens is 190 g/mol. The van der Waals surface area contributed by atoms with Crippen LogP contribution in [0.2, 0.25) is 0 Å². The number of nitrogens with zero attached hydrogens (tertiary/aromatic N) is 1. The summed E-state index contributed by atoms with van der Waals surface area (Å²) in [6.07, 6.45) is 3.77. The Morgan fingerprint density at radius 1 is 1.67 bits per heavy atom. The largest absolute Gasteiger partial charge is 0.398 e. The van der Waals surface area contributed by atoms with Gasteiger partial charge < -0.3 is 16.2 Å². The minimum absolute atomic E-state index is 0.255. The zero-order chi connectivity index (χ0) is 10.8. The zero-order valence-electron chi connectivity index (χ0n) is 8.90. The molecule has 0 amide bonds. The van der Waals surface area contributed by atoms with E-state index in [1.54, 1.807) is 12.3 Å². The Balaban J connectivity index is 1.89. The molecule has 1 atom stereocenters. The maximum atomic E-state index is 9.65. The molecule has 2 rings (SSSR count). The van der Waals surface area contributed by atoms with Gasteiger partial charge in [-0.05, 0) is 31.2 Å². The number of nitrogens with one attached hydrogen (secondary N) is 1. The molecule has 15 heavy (non-hydrogen) atoms. The number of aromatic nitrogens is 1. The van der Waals surface area contributed by atoms with Crippen molar-refractivity contribution in [3.8, 4) is 0 Å². The molecule has 4 nitrogen and oxygen atoms in total. The molecular formula is C11H17N3O. The van der Waals surface area contributed by atoms with Gasteiger partial charge in [-0.2, -0.15) is 0 Å². The van der Waals surface area contributed by atoms with E-state index >= 15 is 0 Å². The lowest BCUT2D eigenvalue weighted by Gasteiger charge is -2.11. The van der Waals surface area contributed by atoms with Gasteiger partial charge in [-0.3, -0.25) is 0 Å². The fraction of sp³-hybridized carbons (Fsp3) is 0.545. The highest BCUT2D eigenvalue weighted by Crippen LogP contribution is 2.32. The maximum Gasteiger partial charge on any atom is 0.128 e. The summed E-state index contributed by atoms with van der Waals surface area (Å²) in [5, 5.41) is 12.7. The lowest BCUT2D eigenvalue weighted by molar-refractivity contribution is 0.164. The van der Waals surface area contributed by atoms with E-state index in [2.05, 4.69) is 10.3 Å². The highest BCUT2D eigenvalue weighted by atomic mass is 16.3. The van der Waals surface area contributed by atoms with Crippen molar-refractivity contribution in [3.63, 3.8) is 0 Å². The van der Waals surface area contributed by atoms with Gasteiger partial charge in [0.2, 0.25) is 0 Å². The Kier molecular flexibility index (Phi) is 2.77. The Labute approximate surface area is 89.5 Å². The maximum absolute atomic E-state index is 9.65. The summed E-state index contributed by atoms with van der Waals surface area (Å²) in [6.45, 7) is 2.48. The van der Waals surface area contributed by atoms with Crippen molar-refractivity contribution < 1.29 is 5.11 Å². The highest BCUT2D eigenvalue weighted by Gasteiger charge is 2.29. The second-order valence-electron chi connectivity index (χ2n) is 4.21. The van der Waals surface area contributed by atoms with Crippen molar-refractivity contribution in [3.05, 3.63) is 17.8 Å². The molecule has 1 heterocycles. The predicted molar refractivity (Wildman–Crippen MR) is 60.6 cm³/mol. The molecule has 4 N–H and O–H groups in total. The van der Waals surface area contributed by atoms with Crippen LogP contribution in [0.25, 0.3) is 0 Å². The first-order valence-corrected chi connectivity index (χ1v) is 5.31. The number of aliphatic hydroxyl groups is 1. The van der Waals surface area contributed by atoms with Crippen LogP contribution >= 0.6 is 0 Å². The molecule has 1 aliphatic carbocycles. The third kappa shape index (κ3) is 2.59. The number of aryl methyl sites for hydroxylation is 1. The molecule has 1 aromatic rings. The first kappa shape index (κ1) is 10.2. The number of hydrogen-bond acceptors (Lipinski definition) is 4. The first-order chi connectivity index (χ1) is 7.16. The standard InChI is InChI=1S/C11H17N3O/c1-7-5-13-11(4-9(7)12)14-6-10(15)8-2-3-8/h4-5,8,10,15H,2-3,6H2,1H3,(H3,12,13,14). The van der Waals surface area contributed by atoms with E-state index in [0.29, 0.717) is 12.5 Å². The average Bonchev–Trinajstić information content (AvgIpc) is 3.03. The molecule has 0 saturated heterocycles. The van der Waals surface area contributed by atoms with E-state index in [-0.39, 0.29) is 6.10 Å². The number of pyridine rings is 1. The minimum atomic E-state index is -0.255.